The number of carbonyl (C=O) groups is 1. The van der Waals surface area contributed by atoms with E-state index in [0.717, 1.165) is 12.8 Å². The Kier molecular flexibility index (Phi) is 6.29. The van der Waals surface area contributed by atoms with Crippen molar-refractivity contribution in [3.63, 3.8) is 0 Å². The van der Waals surface area contributed by atoms with Gasteiger partial charge in [0.15, 0.2) is 0 Å². The minimum atomic E-state index is -0.718. The summed E-state index contributed by atoms with van der Waals surface area (Å²) in [5, 5.41) is 9.36. The summed E-state index contributed by atoms with van der Waals surface area (Å²) < 4.78 is 0. The number of rotatable bonds is 7. The number of carboxylic acid groups (broad SMARTS) is 1. The van der Waals surface area contributed by atoms with E-state index < -0.39 is 11.4 Å². The van der Waals surface area contributed by atoms with Crippen LogP contribution in [0.25, 0.3) is 0 Å². The second-order valence-electron chi connectivity index (χ2n) is 9.43. The van der Waals surface area contributed by atoms with Crippen LogP contribution in [0, 0.1) is 21.7 Å². The first-order chi connectivity index (χ1) is 9.13. The number of aliphatic carboxylic acids is 1. The Morgan fingerprint density at radius 2 is 1.38 bits per heavy atom. The van der Waals surface area contributed by atoms with E-state index in [0.29, 0.717) is 6.42 Å². The zero-order chi connectivity index (χ0) is 17.1. The molecule has 0 bridgehead atoms. The van der Waals surface area contributed by atoms with E-state index in [1.54, 1.807) is 0 Å². The van der Waals surface area contributed by atoms with Gasteiger partial charge in [-0.15, -0.1) is 0 Å². The molecule has 0 saturated heterocycles. The van der Waals surface area contributed by atoms with Crippen LogP contribution in [-0.2, 0) is 4.79 Å². The Morgan fingerprint density at radius 1 is 0.905 bits per heavy atom. The Balaban J connectivity index is 5.13. The van der Waals surface area contributed by atoms with Crippen molar-refractivity contribution >= 4 is 5.97 Å². The van der Waals surface area contributed by atoms with Crippen molar-refractivity contribution in [3.05, 3.63) is 12.2 Å². The van der Waals surface area contributed by atoms with Crippen LogP contribution in [0.1, 0.15) is 81.6 Å². The van der Waals surface area contributed by atoms with Gasteiger partial charge in [-0.3, -0.25) is 4.79 Å². The second-order valence-corrected chi connectivity index (χ2v) is 9.43. The molecule has 0 rings (SSSR count). The van der Waals surface area contributed by atoms with Crippen LogP contribution in [0.3, 0.4) is 0 Å². The summed E-state index contributed by atoms with van der Waals surface area (Å²) in [7, 11) is 0. The van der Waals surface area contributed by atoms with Gasteiger partial charge in [0.2, 0.25) is 0 Å². The Bertz CT molecular complexity index is 383. The smallest absolute Gasteiger partial charge is 0.309 e. The van der Waals surface area contributed by atoms with Gasteiger partial charge in [0, 0.05) is 0 Å². The van der Waals surface area contributed by atoms with E-state index in [9.17, 15) is 9.90 Å². The molecule has 0 aliphatic heterocycles. The Hall–Kier alpha value is -0.790. The molecule has 0 heterocycles. The molecule has 0 amide bonds. The van der Waals surface area contributed by atoms with Crippen LogP contribution in [0.5, 0.6) is 0 Å². The SMILES string of the molecule is CCC(C)(C=CC(C)(C)CC(C)(C)C)CC(C)(C)C(=O)O. The average molecular weight is 296 g/mol. The van der Waals surface area contributed by atoms with Crippen molar-refractivity contribution in [2.24, 2.45) is 21.7 Å². The quantitative estimate of drug-likeness (QED) is 0.592. The summed E-state index contributed by atoms with van der Waals surface area (Å²) >= 11 is 0. The number of hydrogen-bond donors (Lipinski definition) is 1. The predicted octanol–water partition coefficient (Wildman–Crippen LogP) is 5.92. The number of hydrogen-bond acceptors (Lipinski definition) is 1. The topological polar surface area (TPSA) is 37.3 Å². The van der Waals surface area contributed by atoms with Crippen molar-refractivity contribution in [1.29, 1.82) is 0 Å². The van der Waals surface area contributed by atoms with E-state index in [2.05, 4.69) is 60.6 Å². The van der Waals surface area contributed by atoms with Gasteiger partial charge in [0.05, 0.1) is 5.41 Å². The van der Waals surface area contributed by atoms with Gasteiger partial charge in [-0.1, -0.05) is 60.6 Å². The highest BCUT2D eigenvalue weighted by Crippen LogP contribution is 2.40. The fraction of sp³-hybridized carbons (Fsp3) is 0.842. The van der Waals surface area contributed by atoms with Crippen LogP contribution >= 0.6 is 0 Å². The molecule has 0 radical (unpaired) electrons. The van der Waals surface area contributed by atoms with Crippen molar-refractivity contribution in [2.75, 3.05) is 0 Å². The minimum Gasteiger partial charge on any atom is -0.481 e. The summed E-state index contributed by atoms with van der Waals surface area (Å²) in [6.07, 6.45) is 7.27. The van der Waals surface area contributed by atoms with E-state index in [1.807, 2.05) is 13.8 Å². The van der Waals surface area contributed by atoms with Crippen molar-refractivity contribution in [3.8, 4) is 0 Å². The first-order valence-electron chi connectivity index (χ1n) is 8.06. The third kappa shape index (κ3) is 7.68. The lowest BCUT2D eigenvalue weighted by atomic mass is 9.70. The molecule has 1 unspecified atom stereocenters. The van der Waals surface area contributed by atoms with Gasteiger partial charge in [0.25, 0.3) is 0 Å². The summed E-state index contributed by atoms with van der Waals surface area (Å²) in [5.41, 5.74) is -0.348. The molecule has 2 heteroatoms. The van der Waals surface area contributed by atoms with Crippen LogP contribution in [-0.4, -0.2) is 11.1 Å². The minimum absolute atomic E-state index is 0.0724. The summed E-state index contributed by atoms with van der Waals surface area (Å²) in [5.74, 6) is -0.718. The zero-order valence-electron chi connectivity index (χ0n) is 15.6. The van der Waals surface area contributed by atoms with Crippen molar-refractivity contribution in [2.45, 2.75) is 81.6 Å². The first kappa shape index (κ1) is 20.2. The number of carboxylic acids is 1. The predicted molar refractivity (Wildman–Crippen MR) is 91.4 cm³/mol. The zero-order valence-corrected chi connectivity index (χ0v) is 15.6. The molecule has 0 aliphatic rings. The second kappa shape index (κ2) is 6.54. The van der Waals surface area contributed by atoms with E-state index >= 15 is 0 Å². The van der Waals surface area contributed by atoms with E-state index in [4.69, 9.17) is 0 Å². The summed E-state index contributed by atoms with van der Waals surface area (Å²) in [6.45, 7) is 19.2. The Labute approximate surface area is 132 Å². The standard InChI is InChI=1S/C19H36O2/c1-10-19(9,14-18(7,8)15(20)21)12-11-17(5,6)13-16(2,3)4/h11-12H,10,13-14H2,1-9H3,(H,20,21). The molecule has 1 atom stereocenters. The molecule has 0 aromatic heterocycles. The van der Waals surface area contributed by atoms with Crippen LogP contribution in [0.2, 0.25) is 0 Å². The molecule has 124 valence electrons. The lowest BCUT2D eigenvalue weighted by molar-refractivity contribution is -0.148. The summed E-state index contributed by atoms with van der Waals surface area (Å²) in [6, 6.07) is 0. The molecule has 0 saturated carbocycles. The lowest BCUT2D eigenvalue weighted by Crippen LogP contribution is -2.31. The third-order valence-electron chi connectivity index (χ3n) is 4.16. The largest absolute Gasteiger partial charge is 0.481 e. The molecule has 0 aromatic rings. The maximum atomic E-state index is 11.4. The van der Waals surface area contributed by atoms with Crippen LogP contribution < -0.4 is 0 Å². The molecule has 0 spiro atoms. The molecule has 0 aliphatic carbocycles. The molecule has 0 fully saturated rings. The van der Waals surface area contributed by atoms with Crippen LogP contribution in [0.4, 0.5) is 0 Å². The molecular formula is C19H36O2. The van der Waals surface area contributed by atoms with Crippen LogP contribution in [0.15, 0.2) is 12.2 Å². The highest BCUT2D eigenvalue weighted by molar-refractivity contribution is 5.73. The summed E-state index contributed by atoms with van der Waals surface area (Å²) in [4.78, 5) is 11.4. The maximum absolute atomic E-state index is 11.4. The Morgan fingerprint density at radius 3 is 1.71 bits per heavy atom. The van der Waals surface area contributed by atoms with E-state index in [1.165, 1.54) is 0 Å². The maximum Gasteiger partial charge on any atom is 0.309 e. The highest BCUT2D eigenvalue weighted by Gasteiger charge is 2.35. The molecule has 2 nitrogen and oxygen atoms in total. The van der Waals surface area contributed by atoms with Gasteiger partial charge < -0.3 is 5.11 Å². The van der Waals surface area contributed by atoms with Crippen molar-refractivity contribution in [1.82, 2.24) is 0 Å². The van der Waals surface area contributed by atoms with Crippen molar-refractivity contribution < 1.29 is 9.90 Å². The van der Waals surface area contributed by atoms with Gasteiger partial charge >= 0.3 is 5.97 Å². The lowest BCUT2D eigenvalue weighted by Gasteiger charge is -2.35. The van der Waals surface area contributed by atoms with E-state index in [-0.39, 0.29) is 16.2 Å². The molecule has 21 heavy (non-hydrogen) atoms. The molecule has 1 N–H and O–H groups in total. The fourth-order valence-corrected chi connectivity index (χ4v) is 3.24. The first-order valence-corrected chi connectivity index (χ1v) is 8.06. The van der Waals surface area contributed by atoms with Gasteiger partial charge in [-0.25, -0.2) is 0 Å². The number of allylic oxidation sites excluding steroid dienone is 2. The highest BCUT2D eigenvalue weighted by atomic mass is 16.4. The molecular weight excluding hydrogens is 260 g/mol. The molecule has 0 aromatic carbocycles. The van der Waals surface area contributed by atoms with Gasteiger partial charge in [-0.2, -0.15) is 0 Å². The van der Waals surface area contributed by atoms with Gasteiger partial charge in [-0.05, 0) is 49.4 Å². The average Bonchev–Trinajstić information content (AvgIpc) is 2.23. The monoisotopic (exact) mass is 296 g/mol. The normalized spacial score (nSPS) is 17.0. The van der Waals surface area contributed by atoms with Gasteiger partial charge in [0.1, 0.15) is 0 Å². The fourth-order valence-electron chi connectivity index (χ4n) is 3.24. The third-order valence-corrected chi connectivity index (χ3v) is 4.16.